The van der Waals surface area contributed by atoms with E-state index in [9.17, 15) is 0 Å². The minimum absolute atomic E-state index is 0. The average molecular weight is 376 g/mol. The molecule has 1 fully saturated rings. The summed E-state index contributed by atoms with van der Waals surface area (Å²) in [6, 6.07) is 4.22. The van der Waals surface area contributed by atoms with Gasteiger partial charge in [-0.1, -0.05) is 12.8 Å². The molecule has 1 aromatic rings. The lowest BCUT2D eigenvalue weighted by Gasteiger charge is -2.22. The lowest BCUT2D eigenvalue weighted by Crippen LogP contribution is -2.39. The van der Waals surface area contributed by atoms with Crippen molar-refractivity contribution in [1.82, 2.24) is 14.8 Å². The molecule has 1 aromatic heterocycles. The van der Waals surface area contributed by atoms with Crippen molar-refractivity contribution < 1.29 is 0 Å². The number of halogens is 1. The third-order valence-corrected chi connectivity index (χ3v) is 3.56. The van der Waals surface area contributed by atoms with Gasteiger partial charge in [0.05, 0.1) is 6.54 Å². The zero-order chi connectivity index (χ0) is 13.0. The Kier molecular flexibility index (Phi) is 6.68. The first-order valence-corrected chi connectivity index (χ1v) is 6.72. The predicted molar refractivity (Wildman–Crippen MR) is 91.0 cm³/mol. The molecule has 108 valence electrons. The molecule has 19 heavy (non-hydrogen) atoms. The predicted octanol–water partition coefficient (Wildman–Crippen LogP) is 2.45. The molecule has 0 aromatic carbocycles. The van der Waals surface area contributed by atoms with Crippen LogP contribution in [0.25, 0.3) is 0 Å². The van der Waals surface area contributed by atoms with Crippen LogP contribution in [0.1, 0.15) is 25.0 Å². The minimum Gasteiger partial charge on any atom is -0.356 e. The molecule has 4 nitrogen and oxygen atoms in total. The van der Waals surface area contributed by atoms with Crippen molar-refractivity contribution in [1.29, 1.82) is 0 Å². The van der Waals surface area contributed by atoms with Crippen molar-refractivity contribution in [2.45, 2.75) is 25.8 Å². The van der Waals surface area contributed by atoms with Gasteiger partial charge in [-0.05, 0) is 24.5 Å². The maximum absolute atomic E-state index is 4.34. The first-order valence-electron chi connectivity index (χ1n) is 6.72. The monoisotopic (exact) mass is 376 g/mol. The Labute approximate surface area is 133 Å². The number of aromatic nitrogens is 1. The highest BCUT2D eigenvalue weighted by Crippen LogP contribution is 2.31. The van der Waals surface area contributed by atoms with Crippen LogP contribution in [-0.2, 0) is 13.6 Å². The van der Waals surface area contributed by atoms with E-state index in [4.69, 9.17) is 0 Å². The molecule has 0 bridgehead atoms. The third-order valence-electron chi connectivity index (χ3n) is 3.56. The molecule has 0 unspecified atom stereocenters. The molecule has 0 amide bonds. The molecule has 0 saturated heterocycles. The lowest BCUT2D eigenvalue weighted by atomic mass is 10.3. The van der Waals surface area contributed by atoms with Gasteiger partial charge in [0.25, 0.3) is 0 Å². The zero-order valence-corrected chi connectivity index (χ0v) is 14.4. The van der Waals surface area contributed by atoms with Crippen LogP contribution >= 0.6 is 24.0 Å². The van der Waals surface area contributed by atoms with Crippen LogP contribution in [0.2, 0.25) is 0 Å². The van der Waals surface area contributed by atoms with Gasteiger partial charge in [0, 0.05) is 39.6 Å². The van der Waals surface area contributed by atoms with Crippen molar-refractivity contribution >= 4 is 29.9 Å². The number of guanidine groups is 1. The Hall–Kier alpha value is -0.720. The zero-order valence-electron chi connectivity index (χ0n) is 12.1. The quantitative estimate of drug-likeness (QED) is 0.487. The van der Waals surface area contributed by atoms with Crippen LogP contribution in [0.15, 0.2) is 23.3 Å². The second-order valence-corrected chi connectivity index (χ2v) is 5.17. The number of hydrogen-bond donors (Lipinski definition) is 1. The van der Waals surface area contributed by atoms with Gasteiger partial charge >= 0.3 is 0 Å². The summed E-state index contributed by atoms with van der Waals surface area (Å²) in [4.78, 5) is 6.51. The topological polar surface area (TPSA) is 32.6 Å². The van der Waals surface area contributed by atoms with Crippen LogP contribution in [0.5, 0.6) is 0 Å². The van der Waals surface area contributed by atoms with Crippen molar-refractivity contribution in [2.24, 2.45) is 18.0 Å². The van der Waals surface area contributed by atoms with Crippen LogP contribution in [0, 0.1) is 5.92 Å². The number of hydrogen-bond acceptors (Lipinski definition) is 1. The van der Waals surface area contributed by atoms with Gasteiger partial charge < -0.3 is 14.8 Å². The summed E-state index contributed by atoms with van der Waals surface area (Å²) < 4.78 is 2.15. The van der Waals surface area contributed by atoms with Crippen LogP contribution < -0.4 is 5.32 Å². The van der Waals surface area contributed by atoms with Gasteiger partial charge in [-0.3, -0.25) is 4.99 Å². The Morgan fingerprint density at radius 2 is 2.26 bits per heavy atom. The Bertz CT molecular complexity index is 409. The molecule has 0 aliphatic heterocycles. The Morgan fingerprint density at radius 1 is 1.53 bits per heavy atom. The highest BCUT2D eigenvalue weighted by molar-refractivity contribution is 14.0. The van der Waals surface area contributed by atoms with Gasteiger partial charge in [-0.2, -0.15) is 0 Å². The van der Waals surface area contributed by atoms with E-state index >= 15 is 0 Å². The summed E-state index contributed by atoms with van der Waals surface area (Å²) in [6.45, 7) is 1.92. The van der Waals surface area contributed by atoms with Crippen molar-refractivity contribution in [3.8, 4) is 0 Å². The van der Waals surface area contributed by atoms with E-state index in [0.717, 1.165) is 25.0 Å². The number of nitrogens with zero attached hydrogens (tertiary/aromatic N) is 3. The van der Waals surface area contributed by atoms with E-state index in [1.807, 2.05) is 7.05 Å². The summed E-state index contributed by atoms with van der Waals surface area (Å²) in [5, 5.41) is 3.44. The number of aryl methyl sites for hydroxylation is 1. The molecule has 0 atom stereocenters. The largest absolute Gasteiger partial charge is 0.356 e. The molecular formula is C14H25IN4. The third kappa shape index (κ3) is 5.04. The number of rotatable bonds is 5. The molecule has 2 rings (SSSR count). The summed E-state index contributed by atoms with van der Waals surface area (Å²) in [5.41, 5.74) is 1.29. The molecule has 1 aliphatic carbocycles. The van der Waals surface area contributed by atoms with Crippen molar-refractivity contribution in [3.05, 3.63) is 24.0 Å². The van der Waals surface area contributed by atoms with Gasteiger partial charge in [-0.25, -0.2) is 0 Å². The second-order valence-electron chi connectivity index (χ2n) is 5.17. The minimum atomic E-state index is 0. The van der Waals surface area contributed by atoms with E-state index in [-0.39, 0.29) is 24.0 Å². The standard InChI is InChI=1S/C14H24N4.HI/c1-15-14(16-9-8-12-6-7-12)18(3)11-13-5-4-10-17(13)2;/h4-5,10,12H,6-9,11H2,1-3H3,(H,15,16);1H. The highest BCUT2D eigenvalue weighted by Gasteiger charge is 2.20. The van der Waals surface area contributed by atoms with E-state index in [1.165, 1.54) is 25.0 Å². The smallest absolute Gasteiger partial charge is 0.193 e. The highest BCUT2D eigenvalue weighted by atomic mass is 127. The van der Waals surface area contributed by atoms with Gasteiger partial charge in [0.2, 0.25) is 0 Å². The van der Waals surface area contributed by atoms with E-state index < -0.39 is 0 Å². The molecule has 1 saturated carbocycles. The van der Waals surface area contributed by atoms with Gasteiger partial charge in [-0.15, -0.1) is 24.0 Å². The molecule has 0 spiro atoms. The maximum Gasteiger partial charge on any atom is 0.193 e. The fourth-order valence-electron chi connectivity index (χ4n) is 2.16. The first-order chi connectivity index (χ1) is 8.70. The number of aliphatic imine (C=N–C) groups is 1. The Balaban J connectivity index is 0.00000180. The van der Waals surface area contributed by atoms with Crippen molar-refractivity contribution in [2.75, 3.05) is 20.6 Å². The summed E-state index contributed by atoms with van der Waals surface area (Å²) in [6.07, 6.45) is 6.18. The van der Waals surface area contributed by atoms with Crippen molar-refractivity contribution in [3.63, 3.8) is 0 Å². The number of nitrogens with one attached hydrogen (secondary N) is 1. The van der Waals surface area contributed by atoms with E-state index in [0.29, 0.717) is 0 Å². The molecule has 1 heterocycles. The second kappa shape index (κ2) is 7.77. The lowest BCUT2D eigenvalue weighted by molar-refractivity contribution is 0.460. The molecule has 5 heteroatoms. The molecule has 0 radical (unpaired) electrons. The van der Waals surface area contributed by atoms with E-state index in [2.05, 4.69) is 52.2 Å². The Morgan fingerprint density at radius 3 is 2.79 bits per heavy atom. The summed E-state index contributed by atoms with van der Waals surface area (Å²) in [7, 11) is 6.01. The fraction of sp³-hybridized carbons (Fsp3) is 0.643. The maximum atomic E-state index is 4.34. The molecule has 1 aliphatic rings. The molecule has 1 N–H and O–H groups in total. The molecular weight excluding hydrogens is 351 g/mol. The van der Waals surface area contributed by atoms with Crippen LogP contribution in [-0.4, -0.2) is 36.1 Å². The first kappa shape index (κ1) is 16.3. The normalized spacial score (nSPS) is 15.0. The van der Waals surface area contributed by atoms with Gasteiger partial charge in [0.15, 0.2) is 5.96 Å². The van der Waals surface area contributed by atoms with Crippen LogP contribution in [0.4, 0.5) is 0 Å². The SMILES string of the molecule is CN=C(NCCC1CC1)N(C)Cc1cccn1C.I. The van der Waals surface area contributed by atoms with Gasteiger partial charge in [0.1, 0.15) is 0 Å². The van der Waals surface area contributed by atoms with E-state index in [1.54, 1.807) is 0 Å². The summed E-state index contributed by atoms with van der Waals surface area (Å²) >= 11 is 0. The van der Waals surface area contributed by atoms with Crippen LogP contribution in [0.3, 0.4) is 0 Å². The fourth-order valence-corrected chi connectivity index (χ4v) is 2.16. The summed E-state index contributed by atoms with van der Waals surface area (Å²) in [5.74, 6) is 1.95. The average Bonchev–Trinajstić information content (AvgIpc) is 3.09.